The topological polar surface area (TPSA) is 121 Å². The third kappa shape index (κ3) is 5.51. The molecule has 0 bridgehead atoms. The summed E-state index contributed by atoms with van der Waals surface area (Å²) >= 11 is 5.86. The molecular weight excluding hydrogens is 466 g/mol. The molecule has 0 atom stereocenters. The highest BCUT2D eigenvalue weighted by Crippen LogP contribution is 2.26. The van der Waals surface area contributed by atoms with Crippen LogP contribution in [0.5, 0.6) is 0 Å². The summed E-state index contributed by atoms with van der Waals surface area (Å²) in [6.45, 7) is 0.559. The molecule has 9 nitrogen and oxygen atoms in total. The van der Waals surface area contributed by atoms with Crippen LogP contribution >= 0.6 is 11.6 Å². The van der Waals surface area contributed by atoms with E-state index in [9.17, 15) is 18.0 Å². The number of halogens is 1. The Morgan fingerprint density at radius 1 is 0.970 bits per heavy atom. The second-order valence-electron chi connectivity index (χ2n) is 8.33. The average molecular weight is 492 g/mol. The van der Waals surface area contributed by atoms with Crippen LogP contribution in [0, 0.1) is 5.92 Å². The molecule has 2 amide bonds. The van der Waals surface area contributed by atoms with Crippen LogP contribution in [0.4, 0.5) is 5.82 Å². The number of hydrogen-bond donors (Lipinski definition) is 2. The van der Waals surface area contributed by atoms with E-state index in [4.69, 9.17) is 11.6 Å². The zero-order valence-corrected chi connectivity index (χ0v) is 19.6. The molecule has 1 aromatic carbocycles. The van der Waals surface area contributed by atoms with Crippen molar-refractivity contribution in [1.82, 2.24) is 19.6 Å². The first-order valence-electron chi connectivity index (χ1n) is 11.0. The van der Waals surface area contributed by atoms with Crippen molar-refractivity contribution in [3.05, 3.63) is 47.4 Å². The molecule has 1 aromatic heterocycles. The number of nitrogens with zero attached hydrogens (tertiary/aromatic N) is 3. The summed E-state index contributed by atoms with van der Waals surface area (Å²) in [7, 11) is -3.62. The number of piperidine rings is 1. The number of carbonyl (C=O) groups is 2. The summed E-state index contributed by atoms with van der Waals surface area (Å²) in [5.74, 6) is -0.490. The van der Waals surface area contributed by atoms with Crippen LogP contribution in [0.1, 0.15) is 49.0 Å². The predicted octanol–water partition coefficient (Wildman–Crippen LogP) is 2.84. The molecule has 2 N–H and O–H groups in total. The first-order chi connectivity index (χ1) is 15.8. The van der Waals surface area contributed by atoms with Crippen molar-refractivity contribution in [1.29, 1.82) is 0 Å². The van der Waals surface area contributed by atoms with Gasteiger partial charge in [0.25, 0.3) is 5.91 Å². The average Bonchev–Trinajstić information content (AvgIpc) is 3.35. The van der Waals surface area contributed by atoms with E-state index < -0.39 is 15.9 Å². The molecule has 2 aromatic rings. The van der Waals surface area contributed by atoms with E-state index in [0.29, 0.717) is 17.9 Å². The van der Waals surface area contributed by atoms with Crippen molar-refractivity contribution >= 4 is 39.3 Å². The number of amides is 2. The minimum atomic E-state index is -3.62. The normalized spacial score (nSPS) is 18.2. The summed E-state index contributed by atoms with van der Waals surface area (Å²) in [6.07, 6.45) is 7.49. The Morgan fingerprint density at radius 2 is 1.61 bits per heavy atom. The van der Waals surface area contributed by atoms with E-state index in [-0.39, 0.29) is 47.4 Å². The smallest absolute Gasteiger partial charge is 0.273 e. The second kappa shape index (κ2) is 10.1. The molecule has 4 rings (SSSR count). The van der Waals surface area contributed by atoms with E-state index in [0.717, 1.165) is 25.7 Å². The molecule has 2 fully saturated rings. The van der Waals surface area contributed by atoms with Crippen LogP contribution < -0.4 is 10.6 Å². The van der Waals surface area contributed by atoms with Crippen molar-refractivity contribution in [3.8, 4) is 0 Å². The van der Waals surface area contributed by atoms with Crippen molar-refractivity contribution in [3.63, 3.8) is 0 Å². The van der Waals surface area contributed by atoms with Gasteiger partial charge < -0.3 is 10.6 Å². The monoisotopic (exact) mass is 491 g/mol. The maximum absolute atomic E-state index is 12.9. The van der Waals surface area contributed by atoms with Gasteiger partial charge in [-0.3, -0.25) is 9.59 Å². The molecule has 2 aliphatic rings. The molecule has 11 heteroatoms. The maximum atomic E-state index is 12.9. The number of aromatic nitrogens is 2. The maximum Gasteiger partial charge on any atom is 0.273 e. The Labute approximate surface area is 198 Å². The Balaban J connectivity index is 1.36. The molecule has 1 saturated carbocycles. The summed E-state index contributed by atoms with van der Waals surface area (Å²) in [4.78, 5) is 33.8. The van der Waals surface area contributed by atoms with Crippen LogP contribution in [0.3, 0.4) is 0 Å². The largest absolute Gasteiger partial charge is 0.348 e. The SMILES string of the molecule is O=C(NC1CCN(S(=O)(=O)c2ccc(Cl)cc2)CC1)c1nccnc1NC(=O)C1CCCC1. The molecular formula is C22H26ClN5O4S. The fraction of sp³-hybridized carbons (Fsp3) is 0.455. The van der Waals surface area contributed by atoms with Gasteiger partial charge in [-0.25, -0.2) is 18.4 Å². The van der Waals surface area contributed by atoms with Gasteiger partial charge in [0.05, 0.1) is 4.90 Å². The molecule has 1 aliphatic carbocycles. The summed E-state index contributed by atoms with van der Waals surface area (Å²) in [5, 5.41) is 6.13. The van der Waals surface area contributed by atoms with Gasteiger partial charge in [0.1, 0.15) is 0 Å². The van der Waals surface area contributed by atoms with Crippen LogP contribution in [0.25, 0.3) is 0 Å². The number of hydrogen-bond acceptors (Lipinski definition) is 6. The van der Waals surface area contributed by atoms with E-state index >= 15 is 0 Å². The van der Waals surface area contributed by atoms with Crippen LogP contribution in [-0.4, -0.2) is 53.6 Å². The highest BCUT2D eigenvalue weighted by molar-refractivity contribution is 7.89. The van der Waals surface area contributed by atoms with E-state index in [2.05, 4.69) is 20.6 Å². The molecule has 1 aliphatic heterocycles. The lowest BCUT2D eigenvalue weighted by atomic mass is 10.1. The van der Waals surface area contributed by atoms with E-state index in [1.807, 2.05) is 0 Å². The van der Waals surface area contributed by atoms with Crippen molar-refractivity contribution in [2.45, 2.75) is 49.5 Å². The van der Waals surface area contributed by atoms with E-state index in [1.54, 1.807) is 12.1 Å². The molecule has 176 valence electrons. The fourth-order valence-electron chi connectivity index (χ4n) is 4.25. The van der Waals surface area contributed by atoms with Gasteiger partial charge in [0, 0.05) is 42.5 Å². The zero-order valence-electron chi connectivity index (χ0n) is 18.0. The third-order valence-corrected chi connectivity index (χ3v) is 8.29. The minimum absolute atomic E-state index is 0.0556. The Kier molecular flexibility index (Phi) is 7.26. The summed E-state index contributed by atoms with van der Waals surface area (Å²) in [6, 6.07) is 5.85. The Bertz CT molecular complexity index is 1110. The summed E-state index contributed by atoms with van der Waals surface area (Å²) in [5.41, 5.74) is 0.0556. The minimum Gasteiger partial charge on any atom is -0.348 e. The van der Waals surface area contributed by atoms with Crippen LogP contribution in [0.15, 0.2) is 41.6 Å². The Morgan fingerprint density at radius 3 is 2.27 bits per heavy atom. The fourth-order valence-corrected chi connectivity index (χ4v) is 5.85. The van der Waals surface area contributed by atoms with Crippen LogP contribution in [-0.2, 0) is 14.8 Å². The highest BCUT2D eigenvalue weighted by Gasteiger charge is 2.31. The zero-order chi connectivity index (χ0) is 23.4. The standard InChI is InChI=1S/C22H26ClN5O4S/c23-16-5-7-18(8-6-16)33(31,32)28-13-9-17(10-14-28)26-22(30)19-20(25-12-11-24-19)27-21(29)15-3-1-2-4-15/h5-8,11-12,15,17H,1-4,9-10,13-14H2,(H,26,30)(H,25,27,29). The predicted molar refractivity (Wildman–Crippen MR) is 123 cm³/mol. The van der Waals surface area contributed by atoms with Crippen LogP contribution in [0.2, 0.25) is 5.02 Å². The number of carbonyl (C=O) groups excluding carboxylic acids is 2. The molecule has 0 spiro atoms. The van der Waals surface area contributed by atoms with Gasteiger partial charge in [0.2, 0.25) is 15.9 Å². The van der Waals surface area contributed by atoms with E-state index in [1.165, 1.54) is 28.8 Å². The second-order valence-corrected chi connectivity index (χ2v) is 10.7. The lowest BCUT2D eigenvalue weighted by molar-refractivity contribution is -0.119. The molecule has 0 radical (unpaired) electrons. The Hall–Kier alpha value is -2.56. The quantitative estimate of drug-likeness (QED) is 0.640. The number of rotatable bonds is 6. The van der Waals surface area contributed by atoms with Gasteiger partial charge >= 0.3 is 0 Å². The molecule has 33 heavy (non-hydrogen) atoms. The first kappa shape index (κ1) is 23.6. The molecule has 0 unspecified atom stereocenters. The van der Waals surface area contributed by atoms with Crippen molar-refractivity contribution in [2.24, 2.45) is 5.92 Å². The number of sulfonamides is 1. The lowest BCUT2D eigenvalue weighted by Gasteiger charge is -2.31. The van der Waals surface area contributed by atoms with Gasteiger partial charge in [-0.2, -0.15) is 4.31 Å². The number of benzene rings is 1. The van der Waals surface area contributed by atoms with Crippen molar-refractivity contribution < 1.29 is 18.0 Å². The number of anilines is 1. The molecule has 1 saturated heterocycles. The molecule has 2 heterocycles. The van der Waals surface area contributed by atoms with Gasteiger partial charge in [-0.15, -0.1) is 0 Å². The number of nitrogens with one attached hydrogen (secondary N) is 2. The lowest BCUT2D eigenvalue weighted by Crippen LogP contribution is -2.46. The first-order valence-corrected chi connectivity index (χ1v) is 12.8. The van der Waals surface area contributed by atoms with Gasteiger partial charge in [-0.05, 0) is 49.9 Å². The highest BCUT2D eigenvalue weighted by atomic mass is 35.5. The summed E-state index contributed by atoms with van der Waals surface area (Å²) < 4.78 is 27.1. The third-order valence-electron chi connectivity index (χ3n) is 6.12. The van der Waals surface area contributed by atoms with Gasteiger partial charge in [-0.1, -0.05) is 24.4 Å². The van der Waals surface area contributed by atoms with Gasteiger partial charge in [0.15, 0.2) is 11.5 Å². The van der Waals surface area contributed by atoms with Crippen molar-refractivity contribution in [2.75, 3.05) is 18.4 Å².